The number of nitrogens with zero attached hydrogens (tertiary/aromatic N) is 2. The molecule has 3 atom stereocenters. The highest BCUT2D eigenvalue weighted by atomic mass is 15.3. The standard InChI is InChI=1S/C13H24N2.2C2H6/c1-11-8-13(9-12(13)14(11)2)10-15-6-4-3-5-7-15;2*1-2/h11-12H,3-10H2,1-2H3;2*1-2H3. The van der Waals surface area contributed by atoms with Gasteiger partial charge >= 0.3 is 0 Å². The predicted octanol–water partition coefficient (Wildman–Crippen LogP) is 4.01. The average molecular weight is 268 g/mol. The number of likely N-dealkylation sites (tertiary alicyclic amines) is 2. The van der Waals surface area contributed by atoms with Crippen molar-refractivity contribution in [2.45, 2.75) is 78.8 Å². The average Bonchev–Trinajstić information content (AvgIpc) is 3.11. The summed E-state index contributed by atoms with van der Waals surface area (Å²) >= 11 is 0. The van der Waals surface area contributed by atoms with Gasteiger partial charge in [0.1, 0.15) is 0 Å². The summed E-state index contributed by atoms with van der Waals surface area (Å²) in [4.78, 5) is 5.35. The molecule has 2 saturated heterocycles. The van der Waals surface area contributed by atoms with E-state index in [-0.39, 0.29) is 0 Å². The lowest BCUT2D eigenvalue weighted by Gasteiger charge is -2.30. The quantitative estimate of drug-likeness (QED) is 0.746. The van der Waals surface area contributed by atoms with Gasteiger partial charge in [-0.2, -0.15) is 0 Å². The van der Waals surface area contributed by atoms with Crippen LogP contribution in [-0.2, 0) is 0 Å². The molecule has 2 aliphatic heterocycles. The third-order valence-corrected chi connectivity index (χ3v) is 5.02. The van der Waals surface area contributed by atoms with Gasteiger partial charge in [0.25, 0.3) is 0 Å². The van der Waals surface area contributed by atoms with E-state index in [1.165, 1.54) is 51.7 Å². The molecule has 0 amide bonds. The van der Waals surface area contributed by atoms with Gasteiger partial charge in [0.15, 0.2) is 0 Å². The number of piperidine rings is 2. The van der Waals surface area contributed by atoms with Crippen molar-refractivity contribution in [1.29, 1.82) is 0 Å². The fourth-order valence-corrected chi connectivity index (χ4v) is 3.96. The van der Waals surface area contributed by atoms with Gasteiger partial charge in [-0.05, 0) is 52.7 Å². The lowest BCUT2D eigenvalue weighted by molar-refractivity contribution is 0.184. The van der Waals surface area contributed by atoms with Crippen LogP contribution >= 0.6 is 0 Å². The van der Waals surface area contributed by atoms with E-state index in [4.69, 9.17) is 0 Å². The first kappa shape index (κ1) is 17.0. The van der Waals surface area contributed by atoms with Gasteiger partial charge in [0, 0.05) is 24.0 Å². The Hall–Kier alpha value is -0.0800. The summed E-state index contributed by atoms with van der Waals surface area (Å²) < 4.78 is 0. The highest BCUT2D eigenvalue weighted by molar-refractivity contribution is 5.16. The molecule has 3 unspecified atom stereocenters. The van der Waals surface area contributed by atoms with E-state index in [1.54, 1.807) is 0 Å². The largest absolute Gasteiger partial charge is 0.303 e. The molecule has 1 saturated carbocycles. The van der Waals surface area contributed by atoms with Crippen molar-refractivity contribution >= 4 is 0 Å². The fraction of sp³-hybridized carbons (Fsp3) is 1.00. The fourth-order valence-electron chi connectivity index (χ4n) is 3.96. The molecule has 2 heteroatoms. The third-order valence-electron chi connectivity index (χ3n) is 5.02. The summed E-state index contributed by atoms with van der Waals surface area (Å²) in [5, 5.41) is 0. The summed E-state index contributed by atoms with van der Waals surface area (Å²) in [5.74, 6) is 0. The summed E-state index contributed by atoms with van der Waals surface area (Å²) in [7, 11) is 2.32. The molecule has 19 heavy (non-hydrogen) atoms. The zero-order chi connectivity index (χ0) is 14.5. The molecule has 0 aromatic heterocycles. The van der Waals surface area contributed by atoms with Crippen LogP contribution in [0, 0.1) is 5.41 Å². The van der Waals surface area contributed by atoms with Crippen LogP contribution < -0.4 is 0 Å². The van der Waals surface area contributed by atoms with Crippen LogP contribution in [0.15, 0.2) is 0 Å². The smallest absolute Gasteiger partial charge is 0.0171 e. The molecule has 0 radical (unpaired) electrons. The van der Waals surface area contributed by atoms with Crippen LogP contribution in [0.1, 0.15) is 66.7 Å². The molecule has 2 nitrogen and oxygen atoms in total. The van der Waals surface area contributed by atoms with E-state index in [0.29, 0.717) is 5.41 Å². The lowest BCUT2D eigenvalue weighted by Crippen LogP contribution is -2.35. The van der Waals surface area contributed by atoms with Crippen molar-refractivity contribution in [2.24, 2.45) is 5.41 Å². The maximum absolute atomic E-state index is 2.73. The summed E-state index contributed by atoms with van der Waals surface area (Å²) in [5.41, 5.74) is 0.714. The minimum atomic E-state index is 0.714. The highest BCUT2D eigenvalue weighted by Crippen LogP contribution is 2.59. The first-order valence-corrected chi connectivity index (χ1v) is 8.66. The Balaban J connectivity index is 0.000000415. The summed E-state index contributed by atoms with van der Waals surface area (Å²) in [6.45, 7) is 14.5. The number of rotatable bonds is 2. The zero-order valence-electron chi connectivity index (χ0n) is 14.2. The molecule has 3 rings (SSSR count). The van der Waals surface area contributed by atoms with Gasteiger partial charge in [0.05, 0.1) is 0 Å². The van der Waals surface area contributed by atoms with E-state index >= 15 is 0 Å². The van der Waals surface area contributed by atoms with Crippen molar-refractivity contribution in [1.82, 2.24) is 9.80 Å². The van der Waals surface area contributed by atoms with Crippen molar-refractivity contribution in [2.75, 3.05) is 26.7 Å². The Morgan fingerprint density at radius 3 is 2.00 bits per heavy atom. The van der Waals surface area contributed by atoms with Crippen molar-refractivity contribution in [3.8, 4) is 0 Å². The number of hydrogen-bond acceptors (Lipinski definition) is 2. The Morgan fingerprint density at radius 2 is 1.53 bits per heavy atom. The molecular weight excluding hydrogens is 232 g/mol. The van der Waals surface area contributed by atoms with E-state index in [2.05, 4.69) is 23.8 Å². The zero-order valence-corrected chi connectivity index (χ0v) is 14.2. The highest BCUT2D eigenvalue weighted by Gasteiger charge is 2.62. The first-order chi connectivity index (χ1) is 9.21. The molecule has 0 bridgehead atoms. The van der Waals surface area contributed by atoms with Crippen LogP contribution in [0.2, 0.25) is 0 Å². The van der Waals surface area contributed by atoms with Crippen molar-refractivity contribution in [3.63, 3.8) is 0 Å². The molecule has 2 heterocycles. The van der Waals surface area contributed by atoms with Crippen LogP contribution in [0.4, 0.5) is 0 Å². The molecule has 0 aromatic carbocycles. The van der Waals surface area contributed by atoms with Gasteiger partial charge in [-0.3, -0.25) is 0 Å². The molecule has 3 aliphatic rings. The Bertz CT molecular complexity index is 248. The van der Waals surface area contributed by atoms with Crippen molar-refractivity contribution < 1.29 is 0 Å². The monoisotopic (exact) mass is 268 g/mol. The van der Waals surface area contributed by atoms with E-state index in [9.17, 15) is 0 Å². The predicted molar refractivity (Wildman–Crippen MR) is 85.7 cm³/mol. The summed E-state index contributed by atoms with van der Waals surface area (Å²) in [6.07, 6.45) is 7.26. The van der Waals surface area contributed by atoms with Crippen LogP contribution in [-0.4, -0.2) is 48.6 Å². The van der Waals surface area contributed by atoms with Crippen LogP contribution in [0.5, 0.6) is 0 Å². The molecule has 1 aliphatic carbocycles. The van der Waals surface area contributed by atoms with Crippen molar-refractivity contribution in [3.05, 3.63) is 0 Å². The minimum Gasteiger partial charge on any atom is -0.303 e. The Labute approximate surface area is 121 Å². The molecule has 3 fully saturated rings. The second-order valence-corrected chi connectivity index (χ2v) is 6.14. The molecule has 0 spiro atoms. The van der Waals surface area contributed by atoms with Gasteiger partial charge in [-0.1, -0.05) is 34.1 Å². The Morgan fingerprint density at radius 1 is 0.947 bits per heavy atom. The lowest BCUT2D eigenvalue weighted by atomic mass is 9.98. The van der Waals surface area contributed by atoms with E-state index < -0.39 is 0 Å². The second-order valence-electron chi connectivity index (χ2n) is 6.14. The maximum atomic E-state index is 2.73. The molecule has 0 aromatic rings. The van der Waals surface area contributed by atoms with E-state index in [1.807, 2.05) is 27.7 Å². The number of hydrogen-bond donors (Lipinski definition) is 0. The van der Waals surface area contributed by atoms with Gasteiger partial charge in [0.2, 0.25) is 0 Å². The molecular formula is C17H36N2. The second kappa shape index (κ2) is 7.64. The SMILES string of the molecule is CC.CC.CC1CC2(CN3CCCCC3)CC2N1C. The van der Waals surface area contributed by atoms with Crippen LogP contribution in [0.25, 0.3) is 0 Å². The minimum absolute atomic E-state index is 0.714. The van der Waals surface area contributed by atoms with Crippen LogP contribution in [0.3, 0.4) is 0 Å². The van der Waals surface area contributed by atoms with Gasteiger partial charge < -0.3 is 9.80 Å². The third kappa shape index (κ3) is 3.72. The maximum Gasteiger partial charge on any atom is 0.0171 e. The number of fused-ring (bicyclic) bond motifs is 1. The normalized spacial score (nSPS) is 37.6. The van der Waals surface area contributed by atoms with E-state index in [0.717, 1.165) is 12.1 Å². The summed E-state index contributed by atoms with van der Waals surface area (Å²) in [6, 6.07) is 1.75. The van der Waals surface area contributed by atoms with Gasteiger partial charge in [-0.25, -0.2) is 0 Å². The Kier molecular flexibility index (Phi) is 6.82. The topological polar surface area (TPSA) is 6.48 Å². The van der Waals surface area contributed by atoms with Gasteiger partial charge in [-0.15, -0.1) is 0 Å². The first-order valence-electron chi connectivity index (χ1n) is 8.66. The molecule has 114 valence electrons. The molecule has 0 N–H and O–H groups in total.